The van der Waals surface area contributed by atoms with Crippen LogP contribution in [0.5, 0.6) is 11.5 Å². The lowest BCUT2D eigenvalue weighted by Gasteiger charge is -2.16. The van der Waals surface area contributed by atoms with Gasteiger partial charge in [0.2, 0.25) is 6.79 Å². The topological polar surface area (TPSA) is 41.9 Å². The monoisotopic (exact) mass is 237 g/mol. The average molecular weight is 237 g/mol. The molecule has 0 saturated carbocycles. The van der Waals surface area contributed by atoms with Crippen LogP contribution >= 0.6 is 0 Å². The highest BCUT2D eigenvalue weighted by Crippen LogP contribution is 2.34. The largest absolute Gasteiger partial charge is 0.454 e. The van der Waals surface area contributed by atoms with Gasteiger partial charge >= 0.3 is 0 Å². The van der Waals surface area contributed by atoms with Gasteiger partial charge in [0, 0.05) is 13.1 Å². The molecule has 1 N–H and O–H groups in total. The van der Waals surface area contributed by atoms with Crippen molar-refractivity contribution in [3.63, 3.8) is 0 Å². The molecule has 1 aromatic rings. The summed E-state index contributed by atoms with van der Waals surface area (Å²) in [6.07, 6.45) is 0.957. The Morgan fingerprint density at radius 3 is 2.65 bits per heavy atom. The molecule has 0 fully saturated rings. The zero-order valence-corrected chi connectivity index (χ0v) is 10.4. The standard InChI is InChI=1S/C13H19NO3/c1-10-7-12-13(17-9-16-12)8-11(10)3-4-14(2)5-6-15/h7-8,15H,3-6,9H2,1-2H3. The van der Waals surface area contributed by atoms with Crippen molar-refractivity contribution in [1.82, 2.24) is 4.90 Å². The van der Waals surface area contributed by atoms with Gasteiger partial charge in [-0.2, -0.15) is 0 Å². The molecule has 1 aliphatic rings. The van der Waals surface area contributed by atoms with Crippen LogP contribution in [0.15, 0.2) is 12.1 Å². The summed E-state index contributed by atoms with van der Waals surface area (Å²) in [5.41, 5.74) is 2.51. The molecule has 1 heterocycles. The van der Waals surface area contributed by atoms with E-state index in [0.717, 1.165) is 24.5 Å². The highest BCUT2D eigenvalue weighted by molar-refractivity contribution is 5.48. The van der Waals surface area contributed by atoms with Crippen LogP contribution in [0.2, 0.25) is 0 Å². The lowest BCUT2D eigenvalue weighted by Crippen LogP contribution is -2.24. The molecule has 0 spiro atoms. The minimum absolute atomic E-state index is 0.205. The fraction of sp³-hybridized carbons (Fsp3) is 0.538. The Kier molecular flexibility index (Phi) is 3.86. The number of aliphatic hydroxyl groups excluding tert-OH is 1. The normalized spacial score (nSPS) is 13.4. The average Bonchev–Trinajstić information content (AvgIpc) is 2.73. The Hall–Kier alpha value is -1.26. The molecule has 0 atom stereocenters. The molecular weight excluding hydrogens is 218 g/mol. The van der Waals surface area contributed by atoms with Gasteiger partial charge in [0.05, 0.1) is 6.61 Å². The van der Waals surface area contributed by atoms with Gasteiger partial charge in [0.25, 0.3) is 0 Å². The Bertz CT molecular complexity index is 392. The van der Waals surface area contributed by atoms with Crippen molar-refractivity contribution in [1.29, 1.82) is 0 Å². The summed E-state index contributed by atoms with van der Waals surface area (Å²) in [6.45, 7) is 4.26. The number of hydrogen-bond acceptors (Lipinski definition) is 4. The summed E-state index contributed by atoms with van der Waals surface area (Å²) in [6, 6.07) is 4.09. The zero-order chi connectivity index (χ0) is 12.3. The van der Waals surface area contributed by atoms with Crippen molar-refractivity contribution < 1.29 is 14.6 Å². The summed E-state index contributed by atoms with van der Waals surface area (Å²) < 4.78 is 10.7. The van der Waals surface area contributed by atoms with Gasteiger partial charge in [-0.15, -0.1) is 0 Å². The summed E-state index contributed by atoms with van der Waals surface area (Å²) in [4.78, 5) is 2.12. The van der Waals surface area contributed by atoms with E-state index < -0.39 is 0 Å². The number of likely N-dealkylation sites (N-methyl/N-ethyl adjacent to an activating group) is 1. The number of rotatable bonds is 5. The van der Waals surface area contributed by atoms with Gasteiger partial charge in [-0.3, -0.25) is 0 Å². The lowest BCUT2D eigenvalue weighted by molar-refractivity contribution is 0.174. The Morgan fingerprint density at radius 1 is 1.24 bits per heavy atom. The Balaban J connectivity index is 2.01. The van der Waals surface area contributed by atoms with Crippen LogP contribution in [0.4, 0.5) is 0 Å². The van der Waals surface area contributed by atoms with E-state index in [1.165, 1.54) is 11.1 Å². The molecule has 0 bridgehead atoms. The SMILES string of the molecule is Cc1cc2c(cc1CCN(C)CCO)OCO2. The molecule has 0 radical (unpaired) electrons. The van der Waals surface area contributed by atoms with Crippen molar-refractivity contribution in [3.05, 3.63) is 23.3 Å². The van der Waals surface area contributed by atoms with E-state index in [4.69, 9.17) is 14.6 Å². The summed E-state index contributed by atoms with van der Waals surface area (Å²) >= 11 is 0. The second-order valence-electron chi connectivity index (χ2n) is 4.41. The van der Waals surface area contributed by atoms with Crippen LogP contribution in [0.3, 0.4) is 0 Å². The molecule has 0 amide bonds. The molecule has 0 aliphatic carbocycles. The van der Waals surface area contributed by atoms with Gasteiger partial charge in [-0.25, -0.2) is 0 Å². The quantitative estimate of drug-likeness (QED) is 0.835. The highest BCUT2D eigenvalue weighted by Gasteiger charge is 2.15. The molecule has 4 nitrogen and oxygen atoms in total. The van der Waals surface area contributed by atoms with E-state index >= 15 is 0 Å². The van der Waals surface area contributed by atoms with Gasteiger partial charge in [0.15, 0.2) is 11.5 Å². The van der Waals surface area contributed by atoms with Crippen molar-refractivity contribution >= 4 is 0 Å². The Morgan fingerprint density at radius 2 is 1.94 bits per heavy atom. The van der Waals surface area contributed by atoms with E-state index in [1.54, 1.807) is 0 Å². The van der Waals surface area contributed by atoms with Gasteiger partial charge in [-0.1, -0.05) is 0 Å². The van der Waals surface area contributed by atoms with Crippen molar-refractivity contribution in [2.75, 3.05) is 33.5 Å². The number of benzene rings is 1. The predicted molar refractivity (Wildman–Crippen MR) is 65.6 cm³/mol. The molecule has 4 heteroatoms. The molecule has 17 heavy (non-hydrogen) atoms. The third kappa shape index (κ3) is 2.90. The number of aryl methyl sites for hydroxylation is 1. The van der Waals surface area contributed by atoms with E-state index in [-0.39, 0.29) is 6.61 Å². The molecule has 94 valence electrons. The van der Waals surface area contributed by atoms with Crippen LogP contribution in [0, 0.1) is 6.92 Å². The first-order chi connectivity index (χ1) is 8.20. The number of fused-ring (bicyclic) bond motifs is 1. The fourth-order valence-corrected chi connectivity index (χ4v) is 1.95. The van der Waals surface area contributed by atoms with E-state index in [0.29, 0.717) is 13.3 Å². The molecule has 2 rings (SSSR count). The number of nitrogens with zero attached hydrogens (tertiary/aromatic N) is 1. The van der Waals surface area contributed by atoms with Crippen LogP contribution < -0.4 is 9.47 Å². The molecular formula is C13H19NO3. The molecule has 0 aromatic heterocycles. The van der Waals surface area contributed by atoms with Crippen LogP contribution in [-0.4, -0.2) is 43.5 Å². The molecule has 0 unspecified atom stereocenters. The summed E-state index contributed by atoms with van der Waals surface area (Å²) in [5.74, 6) is 1.69. The number of aliphatic hydroxyl groups is 1. The van der Waals surface area contributed by atoms with Crippen LogP contribution in [-0.2, 0) is 6.42 Å². The van der Waals surface area contributed by atoms with E-state index in [1.807, 2.05) is 13.1 Å². The number of ether oxygens (including phenoxy) is 2. The fourth-order valence-electron chi connectivity index (χ4n) is 1.95. The van der Waals surface area contributed by atoms with Gasteiger partial charge in [0.1, 0.15) is 0 Å². The maximum absolute atomic E-state index is 8.84. The second-order valence-corrected chi connectivity index (χ2v) is 4.41. The molecule has 1 aliphatic heterocycles. The minimum Gasteiger partial charge on any atom is -0.454 e. The highest BCUT2D eigenvalue weighted by atomic mass is 16.7. The van der Waals surface area contributed by atoms with Gasteiger partial charge < -0.3 is 19.5 Å². The lowest BCUT2D eigenvalue weighted by atomic mass is 10.0. The molecule has 1 aromatic carbocycles. The summed E-state index contributed by atoms with van der Waals surface area (Å²) in [5, 5.41) is 8.84. The Labute approximate surface area is 102 Å². The van der Waals surface area contributed by atoms with Crippen LogP contribution in [0.25, 0.3) is 0 Å². The smallest absolute Gasteiger partial charge is 0.231 e. The van der Waals surface area contributed by atoms with Crippen molar-refractivity contribution in [2.24, 2.45) is 0 Å². The van der Waals surface area contributed by atoms with Gasteiger partial charge in [-0.05, 0) is 43.7 Å². The van der Waals surface area contributed by atoms with E-state index in [2.05, 4.69) is 17.9 Å². The van der Waals surface area contributed by atoms with E-state index in [9.17, 15) is 0 Å². The maximum atomic E-state index is 8.84. The summed E-state index contributed by atoms with van der Waals surface area (Å²) in [7, 11) is 2.01. The van der Waals surface area contributed by atoms with Crippen molar-refractivity contribution in [3.8, 4) is 11.5 Å². The zero-order valence-electron chi connectivity index (χ0n) is 10.4. The third-order valence-electron chi connectivity index (χ3n) is 3.08. The minimum atomic E-state index is 0.205. The van der Waals surface area contributed by atoms with Crippen molar-refractivity contribution in [2.45, 2.75) is 13.3 Å². The molecule has 0 saturated heterocycles. The third-order valence-corrected chi connectivity index (χ3v) is 3.08. The van der Waals surface area contributed by atoms with Crippen LogP contribution in [0.1, 0.15) is 11.1 Å². The first-order valence-electron chi connectivity index (χ1n) is 5.89. The first-order valence-corrected chi connectivity index (χ1v) is 5.89. The number of hydrogen-bond donors (Lipinski definition) is 1. The second kappa shape index (κ2) is 5.38. The predicted octanol–water partition coefficient (Wildman–Crippen LogP) is 1.19. The maximum Gasteiger partial charge on any atom is 0.231 e. The first kappa shape index (κ1) is 12.2.